The molecule has 1 heterocycles. The van der Waals surface area contributed by atoms with Gasteiger partial charge in [0, 0.05) is 46.3 Å². The van der Waals surface area contributed by atoms with E-state index >= 15 is 0 Å². The van der Waals surface area contributed by atoms with Crippen molar-refractivity contribution in [2.75, 3.05) is 31.8 Å². The number of hydrogen-bond acceptors (Lipinski definition) is 5. The van der Waals surface area contributed by atoms with Gasteiger partial charge in [-0.05, 0) is 55.3 Å². The Hall–Kier alpha value is -3.91. The number of hydrogen-bond donors (Lipinski definition) is 2. The maximum Gasteiger partial charge on any atom is 0.251 e. The summed E-state index contributed by atoms with van der Waals surface area (Å²) in [5.74, 6) is 1.16. The van der Waals surface area contributed by atoms with E-state index in [1.807, 2.05) is 56.4 Å². The van der Waals surface area contributed by atoms with Crippen LogP contribution in [0.4, 0.5) is 5.69 Å². The Kier molecular flexibility index (Phi) is 8.40. The number of thioether (sulfide) groups is 1. The lowest BCUT2D eigenvalue weighted by Crippen LogP contribution is -2.27. The van der Waals surface area contributed by atoms with Crippen LogP contribution in [0.15, 0.2) is 71.8 Å². The predicted molar refractivity (Wildman–Crippen MR) is 149 cm³/mol. The van der Waals surface area contributed by atoms with Gasteiger partial charge in [-0.2, -0.15) is 0 Å². The second-order valence-corrected chi connectivity index (χ2v) is 9.63. The van der Waals surface area contributed by atoms with Gasteiger partial charge in [0.05, 0.1) is 20.0 Å². The first-order chi connectivity index (χ1) is 17.9. The van der Waals surface area contributed by atoms with Gasteiger partial charge in [-0.15, -0.1) is 11.8 Å². The molecule has 0 bridgehead atoms. The highest BCUT2D eigenvalue weighted by atomic mass is 32.2. The van der Waals surface area contributed by atoms with Gasteiger partial charge < -0.3 is 24.7 Å². The number of rotatable bonds is 10. The van der Waals surface area contributed by atoms with Crippen LogP contribution in [0.3, 0.4) is 0 Å². The third-order valence-electron chi connectivity index (χ3n) is 6.27. The van der Waals surface area contributed by atoms with Gasteiger partial charge in [0.15, 0.2) is 11.5 Å². The van der Waals surface area contributed by atoms with E-state index in [1.54, 1.807) is 32.4 Å². The van der Waals surface area contributed by atoms with Crippen LogP contribution >= 0.6 is 11.8 Å². The number of nitrogens with zero attached hydrogens (tertiary/aromatic N) is 1. The standard InChI is InChI=1S/C29H31N3O4S/c1-19-8-7-10-23(20(19)2)31-28(33)18-37-27-17-32(24-11-6-5-9-22(24)27)15-14-30-29(34)21-12-13-25(35-3)26(16-21)36-4/h5-13,16-17H,14-15,18H2,1-4H3,(H,30,34)(H,31,33). The smallest absolute Gasteiger partial charge is 0.251 e. The van der Waals surface area contributed by atoms with E-state index in [1.165, 1.54) is 11.8 Å². The molecule has 1 aromatic heterocycles. The third kappa shape index (κ3) is 6.09. The molecular weight excluding hydrogens is 486 g/mol. The average molecular weight is 518 g/mol. The first-order valence-electron chi connectivity index (χ1n) is 12.0. The number of ether oxygens (including phenoxy) is 2. The van der Waals surface area contributed by atoms with Crippen LogP contribution in [0.1, 0.15) is 21.5 Å². The van der Waals surface area contributed by atoms with Gasteiger partial charge >= 0.3 is 0 Å². The number of amides is 2. The highest BCUT2D eigenvalue weighted by Gasteiger charge is 2.13. The lowest BCUT2D eigenvalue weighted by atomic mass is 10.1. The molecule has 37 heavy (non-hydrogen) atoms. The van der Waals surface area contributed by atoms with Crippen LogP contribution in [0, 0.1) is 13.8 Å². The number of aryl methyl sites for hydroxylation is 1. The van der Waals surface area contributed by atoms with Gasteiger partial charge in [-0.1, -0.05) is 30.3 Å². The third-order valence-corrected chi connectivity index (χ3v) is 7.32. The van der Waals surface area contributed by atoms with Crippen molar-refractivity contribution in [3.05, 3.63) is 83.6 Å². The molecule has 0 fully saturated rings. The van der Waals surface area contributed by atoms with Crippen molar-refractivity contribution in [3.8, 4) is 11.5 Å². The Morgan fingerprint density at radius 3 is 2.51 bits per heavy atom. The Labute approximate surface area is 221 Å². The van der Waals surface area contributed by atoms with Crippen LogP contribution in [0.25, 0.3) is 10.9 Å². The largest absolute Gasteiger partial charge is 0.493 e. The number of para-hydroxylation sites is 1. The molecule has 0 saturated heterocycles. The fraction of sp³-hybridized carbons (Fsp3) is 0.241. The number of carbonyl (C=O) groups excluding carboxylic acids is 2. The van der Waals surface area contributed by atoms with Gasteiger partial charge in [0.2, 0.25) is 5.91 Å². The molecule has 4 aromatic rings. The summed E-state index contributed by atoms with van der Waals surface area (Å²) < 4.78 is 12.6. The highest BCUT2D eigenvalue weighted by molar-refractivity contribution is 8.00. The molecule has 2 N–H and O–H groups in total. The number of methoxy groups -OCH3 is 2. The summed E-state index contributed by atoms with van der Waals surface area (Å²) in [6.07, 6.45) is 2.04. The monoisotopic (exact) mass is 517 g/mol. The van der Waals surface area contributed by atoms with Gasteiger partial charge in [0.1, 0.15) is 0 Å². The number of anilines is 1. The molecule has 0 saturated carbocycles. The Morgan fingerprint density at radius 1 is 0.946 bits per heavy atom. The molecule has 0 aliphatic heterocycles. The Bertz CT molecular complexity index is 1430. The number of nitrogens with one attached hydrogen (secondary N) is 2. The van der Waals surface area contributed by atoms with Crippen molar-refractivity contribution in [1.29, 1.82) is 0 Å². The Balaban J connectivity index is 1.39. The van der Waals surface area contributed by atoms with Crippen molar-refractivity contribution in [3.63, 3.8) is 0 Å². The van der Waals surface area contributed by atoms with Crippen LogP contribution in [0.2, 0.25) is 0 Å². The fourth-order valence-corrected chi connectivity index (χ4v) is 4.99. The first kappa shape index (κ1) is 26.2. The number of fused-ring (bicyclic) bond motifs is 1. The molecule has 8 heteroatoms. The summed E-state index contributed by atoms with van der Waals surface area (Å²) in [4.78, 5) is 26.4. The minimum atomic E-state index is -0.185. The predicted octanol–water partition coefficient (Wildman–Crippen LogP) is 5.44. The molecule has 4 rings (SSSR count). The lowest BCUT2D eigenvalue weighted by molar-refractivity contribution is -0.113. The summed E-state index contributed by atoms with van der Waals surface area (Å²) >= 11 is 1.51. The zero-order valence-electron chi connectivity index (χ0n) is 21.5. The summed E-state index contributed by atoms with van der Waals surface area (Å²) in [5, 5.41) is 7.08. The molecule has 0 atom stereocenters. The SMILES string of the molecule is COc1ccc(C(=O)NCCn2cc(SCC(=O)Nc3cccc(C)c3C)c3ccccc32)cc1OC. The Morgan fingerprint density at radius 2 is 1.73 bits per heavy atom. The molecule has 0 aliphatic rings. The minimum Gasteiger partial charge on any atom is -0.493 e. The van der Waals surface area contributed by atoms with Gasteiger partial charge in [0.25, 0.3) is 5.91 Å². The van der Waals surface area contributed by atoms with E-state index < -0.39 is 0 Å². The normalized spacial score (nSPS) is 10.8. The minimum absolute atomic E-state index is 0.0438. The van der Waals surface area contributed by atoms with Crippen LogP contribution in [-0.4, -0.2) is 42.9 Å². The molecule has 192 valence electrons. The molecule has 2 amide bonds. The highest BCUT2D eigenvalue weighted by Crippen LogP contribution is 2.30. The summed E-state index contributed by atoms with van der Waals surface area (Å²) in [7, 11) is 3.10. The zero-order chi connectivity index (χ0) is 26.4. The van der Waals surface area contributed by atoms with E-state index in [0.717, 1.165) is 32.6 Å². The average Bonchev–Trinajstić information content (AvgIpc) is 3.27. The molecule has 7 nitrogen and oxygen atoms in total. The molecule has 0 radical (unpaired) electrons. The van der Waals surface area contributed by atoms with Crippen molar-refractivity contribution < 1.29 is 19.1 Å². The van der Waals surface area contributed by atoms with E-state index in [0.29, 0.717) is 35.9 Å². The summed E-state index contributed by atoms with van der Waals surface area (Å²) in [5.41, 5.74) is 4.62. The van der Waals surface area contributed by atoms with Crippen molar-refractivity contribution in [2.24, 2.45) is 0 Å². The molecule has 0 spiro atoms. The number of benzene rings is 3. The van der Waals surface area contributed by atoms with Crippen molar-refractivity contribution in [1.82, 2.24) is 9.88 Å². The molecular formula is C29H31N3O4S. The number of aromatic nitrogens is 1. The zero-order valence-corrected chi connectivity index (χ0v) is 22.3. The molecule has 0 aliphatic carbocycles. The van der Waals surface area contributed by atoms with Crippen LogP contribution in [-0.2, 0) is 11.3 Å². The summed E-state index contributed by atoms with van der Waals surface area (Å²) in [6.45, 7) is 5.08. The maximum absolute atomic E-state index is 12.7. The molecule has 0 unspecified atom stereocenters. The topological polar surface area (TPSA) is 81.6 Å². The second kappa shape index (κ2) is 11.9. The van der Waals surface area contributed by atoms with Crippen molar-refractivity contribution >= 4 is 40.2 Å². The lowest BCUT2D eigenvalue weighted by Gasteiger charge is -2.11. The van der Waals surface area contributed by atoms with E-state index in [-0.39, 0.29) is 11.8 Å². The second-order valence-electron chi connectivity index (χ2n) is 8.61. The summed E-state index contributed by atoms with van der Waals surface area (Å²) in [6, 6.07) is 19.1. The number of carbonyl (C=O) groups is 2. The molecule has 3 aromatic carbocycles. The maximum atomic E-state index is 12.7. The van der Waals surface area contributed by atoms with Gasteiger partial charge in [-0.25, -0.2) is 0 Å². The van der Waals surface area contributed by atoms with Crippen LogP contribution in [0.5, 0.6) is 11.5 Å². The van der Waals surface area contributed by atoms with Crippen molar-refractivity contribution in [2.45, 2.75) is 25.3 Å². The quantitative estimate of drug-likeness (QED) is 0.274. The van der Waals surface area contributed by atoms with Gasteiger partial charge in [-0.3, -0.25) is 9.59 Å². The van der Waals surface area contributed by atoms with Crippen LogP contribution < -0.4 is 20.1 Å². The fourth-order valence-electron chi connectivity index (χ4n) is 4.10. The first-order valence-corrected chi connectivity index (χ1v) is 13.0. The van der Waals surface area contributed by atoms with E-state index in [9.17, 15) is 9.59 Å². The van der Waals surface area contributed by atoms with E-state index in [2.05, 4.69) is 21.3 Å². The van der Waals surface area contributed by atoms with E-state index in [4.69, 9.17) is 9.47 Å².